The zero-order valence-electron chi connectivity index (χ0n) is 11.3. The van der Waals surface area contributed by atoms with E-state index in [1.54, 1.807) is 6.20 Å². The molecule has 2 atom stereocenters. The van der Waals surface area contributed by atoms with Crippen LogP contribution in [0.15, 0.2) is 12.4 Å². The minimum atomic E-state index is 0.0852. The number of thiazole rings is 1. The number of carbonyl (C=O) groups excluding carboxylic acids is 1. The van der Waals surface area contributed by atoms with Crippen molar-refractivity contribution < 1.29 is 9.53 Å². The molecular formula is C13H17N3O2S. The van der Waals surface area contributed by atoms with Gasteiger partial charge in [-0.25, -0.2) is 4.98 Å². The van der Waals surface area contributed by atoms with Crippen molar-refractivity contribution in [1.82, 2.24) is 14.3 Å². The first-order chi connectivity index (χ1) is 9.09. The second-order valence-electron chi connectivity index (χ2n) is 4.91. The quantitative estimate of drug-likeness (QED) is 0.801. The van der Waals surface area contributed by atoms with Gasteiger partial charge in [-0.05, 0) is 20.8 Å². The fourth-order valence-electron chi connectivity index (χ4n) is 2.44. The van der Waals surface area contributed by atoms with Crippen LogP contribution in [0, 0.1) is 6.92 Å². The molecule has 1 aliphatic rings. The number of aryl methyl sites for hydroxylation is 1. The molecule has 1 aliphatic heterocycles. The number of ether oxygens (including phenoxy) is 1. The lowest BCUT2D eigenvalue weighted by molar-refractivity contribution is -0.0439. The summed E-state index contributed by atoms with van der Waals surface area (Å²) in [6.07, 6.45) is 3.73. The van der Waals surface area contributed by atoms with Crippen LogP contribution in [-0.2, 0) is 4.74 Å². The molecule has 1 fully saturated rings. The number of fused-ring (bicyclic) bond motifs is 1. The molecule has 0 radical (unpaired) electrons. The minimum absolute atomic E-state index is 0.0852. The first-order valence-corrected chi connectivity index (χ1v) is 7.26. The summed E-state index contributed by atoms with van der Waals surface area (Å²) in [6.45, 7) is 7.28. The fraction of sp³-hybridized carbons (Fsp3) is 0.538. The molecule has 0 spiro atoms. The van der Waals surface area contributed by atoms with E-state index in [0.29, 0.717) is 13.2 Å². The minimum Gasteiger partial charge on any atom is -0.375 e. The van der Waals surface area contributed by atoms with Crippen molar-refractivity contribution in [3.05, 3.63) is 23.0 Å². The molecule has 0 bridgehead atoms. The Kier molecular flexibility index (Phi) is 3.06. The van der Waals surface area contributed by atoms with E-state index in [-0.39, 0.29) is 18.1 Å². The molecule has 0 aromatic carbocycles. The number of carbonyl (C=O) groups is 1. The summed E-state index contributed by atoms with van der Waals surface area (Å²) in [5, 5.41) is 0. The second-order valence-corrected chi connectivity index (χ2v) is 5.89. The van der Waals surface area contributed by atoms with Crippen LogP contribution >= 0.6 is 11.3 Å². The van der Waals surface area contributed by atoms with Gasteiger partial charge in [-0.2, -0.15) is 0 Å². The number of imidazole rings is 1. The van der Waals surface area contributed by atoms with Crippen LogP contribution in [0.1, 0.15) is 29.2 Å². The predicted octanol–water partition coefficient (Wildman–Crippen LogP) is 1.95. The summed E-state index contributed by atoms with van der Waals surface area (Å²) >= 11 is 1.46. The Balaban J connectivity index is 1.94. The van der Waals surface area contributed by atoms with Gasteiger partial charge in [0.25, 0.3) is 5.91 Å². The number of morpholine rings is 1. The van der Waals surface area contributed by atoms with Crippen molar-refractivity contribution >= 4 is 22.2 Å². The first kappa shape index (κ1) is 12.6. The Morgan fingerprint density at radius 3 is 3.05 bits per heavy atom. The summed E-state index contributed by atoms with van der Waals surface area (Å²) in [5.74, 6) is 0.0932. The Morgan fingerprint density at radius 1 is 1.53 bits per heavy atom. The summed E-state index contributed by atoms with van der Waals surface area (Å²) in [4.78, 5) is 20.5. The summed E-state index contributed by atoms with van der Waals surface area (Å²) in [6, 6.07) is 0.107. The smallest absolute Gasteiger partial charge is 0.266 e. The molecule has 1 saturated heterocycles. The largest absolute Gasteiger partial charge is 0.375 e. The Bertz CT molecular complexity index is 618. The van der Waals surface area contributed by atoms with Gasteiger partial charge in [-0.1, -0.05) is 11.3 Å². The van der Waals surface area contributed by atoms with Crippen molar-refractivity contribution in [2.24, 2.45) is 0 Å². The van der Waals surface area contributed by atoms with Crippen molar-refractivity contribution in [2.75, 3.05) is 13.2 Å². The molecule has 2 unspecified atom stereocenters. The zero-order valence-corrected chi connectivity index (χ0v) is 12.1. The molecule has 0 aliphatic carbocycles. The van der Waals surface area contributed by atoms with Crippen LogP contribution in [0.2, 0.25) is 0 Å². The van der Waals surface area contributed by atoms with E-state index in [4.69, 9.17) is 4.74 Å². The maximum atomic E-state index is 12.7. The average molecular weight is 279 g/mol. The van der Waals surface area contributed by atoms with Crippen LogP contribution < -0.4 is 0 Å². The van der Waals surface area contributed by atoms with E-state index in [9.17, 15) is 4.79 Å². The van der Waals surface area contributed by atoms with Gasteiger partial charge in [0.1, 0.15) is 4.88 Å². The molecule has 5 nitrogen and oxygen atoms in total. The van der Waals surface area contributed by atoms with Crippen molar-refractivity contribution in [3.8, 4) is 0 Å². The summed E-state index contributed by atoms with van der Waals surface area (Å²) in [7, 11) is 0. The fourth-order valence-corrected chi connectivity index (χ4v) is 3.49. The molecule has 102 valence electrons. The molecule has 6 heteroatoms. The maximum Gasteiger partial charge on any atom is 0.266 e. The molecule has 3 rings (SSSR count). The standard InChI is InChI=1S/C13H17N3O2S/c1-8-10(3)18-7-6-15(8)12(17)11-9(2)16-5-4-14-13(16)19-11/h4-5,8,10H,6-7H2,1-3H3. The molecule has 2 aromatic rings. The van der Waals surface area contributed by atoms with Crippen LogP contribution in [0.3, 0.4) is 0 Å². The average Bonchev–Trinajstić information content (AvgIpc) is 2.96. The lowest BCUT2D eigenvalue weighted by Crippen LogP contribution is -2.51. The highest BCUT2D eigenvalue weighted by Crippen LogP contribution is 2.25. The monoisotopic (exact) mass is 279 g/mol. The predicted molar refractivity (Wildman–Crippen MR) is 73.7 cm³/mol. The molecule has 19 heavy (non-hydrogen) atoms. The van der Waals surface area contributed by atoms with Crippen molar-refractivity contribution in [2.45, 2.75) is 32.9 Å². The van der Waals surface area contributed by atoms with Crippen LogP contribution in [-0.4, -0.2) is 45.5 Å². The number of hydrogen-bond donors (Lipinski definition) is 0. The van der Waals surface area contributed by atoms with E-state index < -0.39 is 0 Å². The summed E-state index contributed by atoms with van der Waals surface area (Å²) < 4.78 is 7.54. The molecule has 3 heterocycles. The highest BCUT2D eigenvalue weighted by molar-refractivity contribution is 7.19. The molecular weight excluding hydrogens is 262 g/mol. The van der Waals surface area contributed by atoms with E-state index >= 15 is 0 Å². The maximum absolute atomic E-state index is 12.7. The zero-order chi connectivity index (χ0) is 13.6. The SMILES string of the molecule is Cc1c(C(=O)N2CCOC(C)C2C)sc2nccn12. The van der Waals surface area contributed by atoms with Crippen LogP contribution in [0.5, 0.6) is 0 Å². The Hall–Kier alpha value is -1.40. The lowest BCUT2D eigenvalue weighted by Gasteiger charge is -2.37. The normalized spacial score (nSPS) is 24.1. The Morgan fingerprint density at radius 2 is 2.32 bits per heavy atom. The molecule has 1 amide bonds. The van der Waals surface area contributed by atoms with Crippen molar-refractivity contribution in [3.63, 3.8) is 0 Å². The van der Waals surface area contributed by atoms with E-state index in [2.05, 4.69) is 4.98 Å². The van der Waals surface area contributed by atoms with Gasteiger partial charge >= 0.3 is 0 Å². The van der Waals surface area contributed by atoms with Gasteiger partial charge in [-0.3, -0.25) is 9.20 Å². The van der Waals surface area contributed by atoms with Gasteiger partial charge < -0.3 is 9.64 Å². The first-order valence-electron chi connectivity index (χ1n) is 6.44. The second kappa shape index (κ2) is 4.61. The van der Waals surface area contributed by atoms with Gasteiger partial charge in [0.2, 0.25) is 0 Å². The molecule has 0 N–H and O–H groups in total. The third-order valence-electron chi connectivity index (χ3n) is 3.83. The number of hydrogen-bond acceptors (Lipinski definition) is 4. The highest BCUT2D eigenvalue weighted by atomic mass is 32.1. The van der Waals surface area contributed by atoms with E-state index in [1.807, 2.05) is 36.3 Å². The van der Waals surface area contributed by atoms with Crippen LogP contribution in [0.25, 0.3) is 4.96 Å². The van der Waals surface area contributed by atoms with Gasteiger partial charge in [0.05, 0.1) is 18.8 Å². The number of amides is 1. The highest BCUT2D eigenvalue weighted by Gasteiger charge is 2.31. The number of nitrogens with zero attached hydrogens (tertiary/aromatic N) is 3. The Labute approximate surface area is 115 Å². The van der Waals surface area contributed by atoms with Crippen molar-refractivity contribution in [1.29, 1.82) is 0 Å². The van der Waals surface area contributed by atoms with Gasteiger partial charge in [0, 0.05) is 24.6 Å². The summed E-state index contributed by atoms with van der Waals surface area (Å²) in [5.41, 5.74) is 0.967. The lowest BCUT2D eigenvalue weighted by atomic mass is 10.1. The number of rotatable bonds is 1. The molecule has 0 saturated carbocycles. The van der Waals surface area contributed by atoms with Gasteiger partial charge in [-0.15, -0.1) is 0 Å². The van der Waals surface area contributed by atoms with Crippen LogP contribution in [0.4, 0.5) is 0 Å². The van der Waals surface area contributed by atoms with E-state index in [0.717, 1.165) is 15.5 Å². The third-order valence-corrected chi connectivity index (χ3v) is 4.99. The molecule has 2 aromatic heterocycles. The van der Waals surface area contributed by atoms with Gasteiger partial charge in [0.15, 0.2) is 4.96 Å². The van der Waals surface area contributed by atoms with E-state index in [1.165, 1.54) is 11.3 Å². The third kappa shape index (κ3) is 1.95. The topological polar surface area (TPSA) is 46.8 Å². The number of aromatic nitrogens is 2.